The van der Waals surface area contributed by atoms with Gasteiger partial charge in [0, 0.05) is 6.54 Å². The predicted molar refractivity (Wildman–Crippen MR) is 43.5 cm³/mol. The van der Waals surface area contributed by atoms with Gasteiger partial charge in [-0.3, -0.25) is 4.79 Å². The van der Waals surface area contributed by atoms with E-state index in [4.69, 9.17) is 0 Å². The highest BCUT2D eigenvalue weighted by atomic mass is 19.4. The standard InChI is InChI=1S/C8H12F5NO/c1-3-5(2)4-14-6(15)7(9,10)8(11,12)13/h5H,3-4H2,1-2H3,(H,14,15). The molecule has 0 aromatic rings. The Kier molecular flexibility index (Phi) is 4.48. The van der Waals surface area contributed by atoms with Crippen molar-refractivity contribution in [2.75, 3.05) is 6.54 Å². The van der Waals surface area contributed by atoms with Crippen molar-refractivity contribution >= 4 is 5.91 Å². The van der Waals surface area contributed by atoms with Gasteiger partial charge < -0.3 is 5.32 Å². The topological polar surface area (TPSA) is 29.1 Å². The van der Waals surface area contributed by atoms with Gasteiger partial charge in [-0.05, 0) is 5.92 Å². The van der Waals surface area contributed by atoms with Gasteiger partial charge in [0.1, 0.15) is 0 Å². The minimum atomic E-state index is -5.84. The summed E-state index contributed by atoms with van der Waals surface area (Å²) in [5.41, 5.74) is 0. The minimum absolute atomic E-state index is 0.141. The Balaban J connectivity index is 4.33. The molecule has 90 valence electrons. The normalized spacial score (nSPS) is 14.9. The molecule has 1 unspecified atom stereocenters. The average Bonchev–Trinajstić information content (AvgIpc) is 2.11. The fourth-order valence-electron chi connectivity index (χ4n) is 0.651. The molecule has 0 aliphatic rings. The summed E-state index contributed by atoms with van der Waals surface area (Å²) in [6, 6.07) is 0. The van der Waals surface area contributed by atoms with Gasteiger partial charge in [0.2, 0.25) is 0 Å². The van der Waals surface area contributed by atoms with Gasteiger partial charge in [0.05, 0.1) is 0 Å². The summed E-state index contributed by atoms with van der Waals surface area (Å²) in [7, 11) is 0. The highest BCUT2D eigenvalue weighted by Gasteiger charge is 2.63. The van der Waals surface area contributed by atoms with Crippen LogP contribution in [0.5, 0.6) is 0 Å². The maximum Gasteiger partial charge on any atom is 0.463 e. The number of amides is 1. The van der Waals surface area contributed by atoms with E-state index < -0.39 is 18.0 Å². The first-order valence-corrected chi connectivity index (χ1v) is 4.35. The number of hydrogen-bond acceptors (Lipinski definition) is 1. The third-order valence-electron chi connectivity index (χ3n) is 1.95. The van der Waals surface area contributed by atoms with Gasteiger partial charge >= 0.3 is 12.1 Å². The largest absolute Gasteiger partial charge is 0.463 e. The molecule has 7 heteroatoms. The van der Waals surface area contributed by atoms with Gasteiger partial charge in [-0.2, -0.15) is 22.0 Å². The molecule has 15 heavy (non-hydrogen) atoms. The molecule has 0 aromatic heterocycles. The van der Waals surface area contributed by atoms with Crippen LogP contribution in [0, 0.1) is 5.92 Å². The molecule has 0 saturated heterocycles. The molecule has 0 aromatic carbocycles. The summed E-state index contributed by atoms with van der Waals surface area (Å²) < 4.78 is 59.7. The molecule has 0 heterocycles. The van der Waals surface area contributed by atoms with E-state index >= 15 is 0 Å². The van der Waals surface area contributed by atoms with Crippen LogP contribution in [0.1, 0.15) is 20.3 Å². The fourth-order valence-corrected chi connectivity index (χ4v) is 0.651. The van der Waals surface area contributed by atoms with Crippen molar-refractivity contribution in [1.82, 2.24) is 5.32 Å². The van der Waals surface area contributed by atoms with Crippen molar-refractivity contribution in [3.05, 3.63) is 0 Å². The van der Waals surface area contributed by atoms with Crippen LogP contribution in [0.15, 0.2) is 0 Å². The molecule has 0 fully saturated rings. The molecule has 0 aliphatic carbocycles. The second kappa shape index (κ2) is 4.76. The minimum Gasteiger partial charge on any atom is -0.350 e. The lowest BCUT2D eigenvalue weighted by molar-refractivity contribution is -0.269. The van der Waals surface area contributed by atoms with Crippen LogP contribution < -0.4 is 5.32 Å². The zero-order valence-corrected chi connectivity index (χ0v) is 8.29. The lowest BCUT2D eigenvalue weighted by Crippen LogP contribution is -2.51. The number of carbonyl (C=O) groups is 1. The lowest BCUT2D eigenvalue weighted by atomic mass is 10.1. The van der Waals surface area contributed by atoms with Crippen molar-refractivity contribution in [2.24, 2.45) is 5.92 Å². The fraction of sp³-hybridized carbons (Fsp3) is 0.875. The molecule has 0 bridgehead atoms. The highest BCUT2D eigenvalue weighted by Crippen LogP contribution is 2.35. The van der Waals surface area contributed by atoms with E-state index in [0.29, 0.717) is 6.42 Å². The van der Waals surface area contributed by atoms with E-state index in [1.165, 1.54) is 0 Å². The SMILES string of the molecule is CCC(C)CNC(=O)C(F)(F)C(F)(F)F. The third kappa shape index (κ3) is 3.64. The first-order valence-electron chi connectivity index (χ1n) is 4.35. The second-order valence-corrected chi connectivity index (χ2v) is 3.30. The molecular formula is C8H12F5NO. The van der Waals surface area contributed by atoms with Crippen LogP contribution in [0.4, 0.5) is 22.0 Å². The van der Waals surface area contributed by atoms with Gasteiger partial charge in [0.25, 0.3) is 5.91 Å². The highest BCUT2D eigenvalue weighted by molar-refractivity contribution is 5.84. The molecule has 1 amide bonds. The first kappa shape index (κ1) is 14.1. The summed E-state index contributed by atoms with van der Waals surface area (Å²) in [6.07, 6.45) is -5.26. The average molecular weight is 233 g/mol. The Morgan fingerprint density at radius 3 is 2.07 bits per heavy atom. The summed E-state index contributed by atoms with van der Waals surface area (Å²) in [5, 5.41) is 1.57. The first-order chi connectivity index (χ1) is 6.63. The Morgan fingerprint density at radius 2 is 1.73 bits per heavy atom. The molecule has 0 spiro atoms. The van der Waals surface area contributed by atoms with Crippen molar-refractivity contribution < 1.29 is 26.7 Å². The monoisotopic (exact) mass is 233 g/mol. The molecule has 1 atom stereocenters. The van der Waals surface area contributed by atoms with Crippen LogP contribution in [0.3, 0.4) is 0 Å². The summed E-state index contributed by atoms with van der Waals surface area (Å²) in [4.78, 5) is 10.6. The van der Waals surface area contributed by atoms with Crippen molar-refractivity contribution in [3.8, 4) is 0 Å². The molecule has 1 N–H and O–H groups in total. The van der Waals surface area contributed by atoms with Gasteiger partial charge in [-0.15, -0.1) is 0 Å². The van der Waals surface area contributed by atoms with E-state index in [1.807, 2.05) is 0 Å². The maximum atomic E-state index is 12.3. The van der Waals surface area contributed by atoms with E-state index in [-0.39, 0.29) is 12.5 Å². The molecular weight excluding hydrogens is 221 g/mol. The zero-order chi connectivity index (χ0) is 12.3. The van der Waals surface area contributed by atoms with Crippen molar-refractivity contribution in [1.29, 1.82) is 0 Å². The second-order valence-electron chi connectivity index (χ2n) is 3.30. The van der Waals surface area contributed by atoms with Gasteiger partial charge in [-0.25, -0.2) is 0 Å². The van der Waals surface area contributed by atoms with Crippen molar-refractivity contribution in [3.63, 3.8) is 0 Å². The summed E-state index contributed by atoms with van der Waals surface area (Å²) >= 11 is 0. The molecule has 0 aliphatic heterocycles. The molecule has 0 radical (unpaired) electrons. The zero-order valence-electron chi connectivity index (χ0n) is 8.29. The Bertz CT molecular complexity index is 226. The maximum absolute atomic E-state index is 12.3. The number of halogens is 5. The molecule has 0 saturated carbocycles. The number of alkyl halides is 5. The van der Waals surface area contributed by atoms with E-state index in [1.54, 1.807) is 19.2 Å². The summed E-state index contributed by atoms with van der Waals surface area (Å²) in [6.45, 7) is 3.17. The van der Waals surface area contributed by atoms with Crippen molar-refractivity contribution in [2.45, 2.75) is 32.4 Å². The number of carbonyl (C=O) groups excluding carboxylic acids is 1. The lowest BCUT2D eigenvalue weighted by Gasteiger charge is -2.19. The Labute approximate surface area is 83.8 Å². The number of nitrogens with one attached hydrogen (secondary N) is 1. The molecule has 0 rings (SSSR count). The Morgan fingerprint density at radius 1 is 1.27 bits per heavy atom. The number of hydrogen-bond donors (Lipinski definition) is 1. The summed E-state index contributed by atoms with van der Waals surface area (Å²) in [5.74, 6) is -7.76. The van der Waals surface area contributed by atoms with E-state index in [0.717, 1.165) is 0 Å². The quantitative estimate of drug-likeness (QED) is 0.742. The molecule has 2 nitrogen and oxygen atoms in total. The number of rotatable bonds is 4. The van der Waals surface area contributed by atoms with E-state index in [9.17, 15) is 26.7 Å². The van der Waals surface area contributed by atoms with Crippen LogP contribution in [-0.4, -0.2) is 24.6 Å². The van der Waals surface area contributed by atoms with Crippen LogP contribution in [0.25, 0.3) is 0 Å². The predicted octanol–water partition coefficient (Wildman–Crippen LogP) is 2.35. The van der Waals surface area contributed by atoms with E-state index in [2.05, 4.69) is 0 Å². The van der Waals surface area contributed by atoms with Gasteiger partial charge in [0.15, 0.2) is 0 Å². The Hall–Kier alpha value is -0.880. The van der Waals surface area contributed by atoms with Crippen LogP contribution in [-0.2, 0) is 4.79 Å². The van der Waals surface area contributed by atoms with Gasteiger partial charge in [-0.1, -0.05) is 20.3 Å². The van der Waals surface area contributed by atoms with Crippen LogP contribution >= 0.6 is 0 Å². The third-order valence-corrected chi connectivity index (χ3v) is 1.95. The smallest absolute Gasteiger partial charge is 0.350 e. The van der Waals surface area contributed by atoms with Crippen LogP contribution in [0.2, 0.25) is 0 Å².